The zero-order chi connectivity index (χ0) is 15.5. The molecule has 1 amide bonds. The summed E-state index contributed by atoms with van der Waals surface area (Å²) >= 11 is 1.56. The molecule has 1 aliphatic heterocycles. The molecule has 1 aliphatic rings. The molecule has 1 fully saturated rings. The van der Waals surface area contributed by atoms with Crippen LogP contribution >= 0.6 is 11.3 Å². The molecule has 1 N–H and O–H groups in total. The molecule has 1 saturated heterocycles. The van der Waals surface area contributed by atoms with Gasteiger partial charge in [-0.25, -0.2) is 0 Å². The Bertz CT molecular complexity index is 464. The fourth-order valence-electron chi connectivity index (χ4n) is 2.27. The van der Waals surface area contributed by atoms with Crippen molar-refractivity contribution < 1.29 is 22.7 Å². The van der Waals surface area contributed by atoms with Gasteiger partial charge in [0.25, 0.3) is 0 Å². The maximum Gasteiger partial charge on any atom is 0.405 e. The van der Waals surface area contributed by atoms with Crippen molar-refractivity contribution in [1.82, 2.24) is 10.2 Å². The third-order valence-electron chi connectivity index (χ3n) is 3.10. The van der Waals surface area contributed by atoms with Crippen LogP contribution in [0.3, 0.4) is 0 Å². The van der Waals surface area contributed by atoms with Gasteiger partial charge < -0.3 is 10.1 Å². The summed E-state index contributed by atoms with van der Waals surface area (Å²) in [6, 6.07) is 1.95. The second-order valence-corrected chi connectivity index (χ2v) is 5.86. The van der Waals surface area contributed by atoms with E-state index >= 15 is 0 Å². The Morgan fingerprint density at radius 1 is 1.52 bits per heavy atom. The van der Waals surface area contributed by atoms with Gasteiger partial charge in [0.05, 0.1) is 18.8 Å². The summed E-state index contributed by atoms with van der Waals surface area (Å²) in [6.45, 7) is 1.57. The smallest absolute Gasteiger partial charge is 0.368 e. The lowest BCUT2D eigenvalue weighted by atomic mass is 10.1. The molecule has 1 aromatic rings. The lowest BCUT2D eigenvalue weighted by molar-refractivity contribution is -0.141. The van der Waals surface area contributed by atoms with Gasteiger partial charge in [-0.1, -0.05) is 0 Å². The number of halogens is 3. The first-order valence-electron chi connectivity index (χ1n) is 6.57. The standard InChI is InChI=1S/C13H17F3N2O2S/c1-9-4-18(6-12(19)17-8-13(14,15)16)5-11(20-9)10-2-3-21-7-10/h2-3,7,9,11H,4-6,8H2,1H3,(H,17,19)/t9-,11-/m1/s1. The van der Waals surface area contributed by atoms with Crippen molar-refractivity contribution in [3.05, 3.63) is 22.4 Å². The molecule has 1 aromatic heterocycles. The summed E-state index contributed by atoms with van der Waals surface area (Å²) in [6.07, 6.45) is -4.60. The topological polar surface area (TPSA) is 41.6 Å². The van der Waals surface area contributed by atoms with Crippen molar-refractivity contribution in [3.8, 4) is 0 Å². The molecule has 0 spiro atoms. The van der Waals surface area contributed by atoms with Crippen LogP contribution in [0.25, 0.3) is 0 Å². The molecule has 0 unspecified atom stereocenters. The fourth-order valence-corrected chi connectivity index (χ4v) is 2.97. The van der Waals surface area contributed by atoms with Gasteiger partial charge in [-0.05, 0) is 29.3 Å². The van der Waals surface area contributed by atoms with E-state index in [1.54, 1.807) is 11.3 Å². The molecule has 2 atom stereocenters. The number of ether oxygens (including phenoxy) is 1. The first-order valence-corrected chi connectivity index (χ1v) is 7.51. The summed E-state index contributed by atoms with van der Waals surface area (Å²) in [5.74, 6) is -0.620. The SMILES string of the molecule is C[C@@H]1CN(CC(=O)NCC(F)(F)F)C[C@H](c2ccsc2)O1. The number of thiophene rings is 1. The van der Waals surface area contributed by atoms with Crippen LogP contribution in [0.5, 0.6) is 0 Å². The number of amides is 1. The number of hydrogen-bond donors (Lipinski definition) is 1. The molecule has 2 rings (SSSR count). The maximum absolute atomic E-state index is 12.1. The van der Waals surface area contributed by atoms with Crippen LogP contribution in [0.4, 0.5) is 13.2 Å². The second-order valence-electron chi connectivity index (χ2n) is 5.08. The Labute approximate surface area is 124 Å². The predicted octanol–water partition coefficient (Wildman–Crippen LogP) is 2.19. The summed E-state index contributed by atoms with van der Waals surface area (Å²) in [5, 5.41) is 5.81. The molecule has 21 heavy (non-hydrogen) atoms. The van der Waals surface area contributed by atoms with Crippen LogP contribution < -0.4 is 5.32 Å². The van der Waals surface area contributed by atoms with Gasteiger partial charge in [0.1, 0.15) is 6.54 Å². The Morgan fingerprint density at radius 2 is 2.29 bits per heavy atom. The number of rotatable bonds is 4. The van der Waals surface area contributed by atoms with E-state index in [1.165, 1.54) is 0 Å². The zero-order valence-electron chi connectivity index (χ0n) is 11.5. The molecule has 0 aliphatic carbocycles. The minimum absolute atomic E-state index is 0.0512. The summed E-state index contributed by atoms with van der Waals surface area (Å²) in [5.41, 5.74) is 1.03. The summed E-state index contributed by atoms with van der Waals surface area (Å²) in [7, 11) is 0. The predicted molar refractivity (Wildman–Crippen MR) is 73.1 cm³/mol. The number of hydrogen-bond acceptors (Lipinski definition) is 4. The van der Waals surface area contributed by atoms with Crippen LogP contribution in [-0.2, 0) is 9.53 Å². The number of carbonyl (C=O) groups is 1. The molecular weight excluding hydrogens is 305 g/mol. The quantitative estimate of drug-likeness (QED) is 0.924. The first-order chi connectivity index (χ1) is 9.83. The van der Waals surface area contributed by atoms with Gasteiger partial charge in [0.15, 0.2) is 0 Å². The van der Waals surface area contributed by atoms with Gasteiger partial charge in [0, 0.05) is 13.1 Å². The molecule has 0 saturated carbocycles. The monoisotopic (exact) mass is 322 g/mol. The second kappa shape index (κ2) is 6.76. The highest BCUT2D eigenvalue weighted by molar-refractivity contribution is 7.07. The van der Waals surface area contributed by atoms with E-state index in [4.69, 9.17) is 4.74 Å². The Balaban J connectivity index is 1.86. The van der Waals surface area contributed by atoms with Gasteiger partial charge in [0.2, 0.25) is 5.91 Å². The highest BCUT2D eigenvalue weighted by Gasteiger charge is 2.30. The number of nitrogens with zero attached hydrogens (tertiary/aromatic N) is 1. The summed E-state index contributed by atoms with van der Waals surface area (Å²) in [4.78, 5) is 13.4. The molecule has 0 radical (unpaired) electrons. The number of morpholine rings is 1. The van der Waals surface area contributed by atoms with Gasteiger partial charge in [-0.3, -0.25) is 9.69 Å². The third kappa shape index (κ3) is 5.29. The average molecular weight is 322 g/mol. The number of nitrogens with one attached hydrogen (secondary N) is 1. The van der Waals surface area contributed by atoms with Gasteiger partial charge in [-0.2, -0.15) is 24.5 Å². The molecule has 0 bridgehead atoms. The van der Waals surface area contributed by atoms with E-state index in [2.05, 4.69) is 0 Å². The average Bonchev–Trinajstić information content (AvgIpc) is 2.88. The van der Waals surface area contributed by atoms with Crippen LogP contribution in [-0.4, -0.2) is 49.3 Å². The number of alkyl halides is 3. The first kappa shape index (κ1) is 16.3. The van der Waals surface area contributed by atoms with Crippen LogP contribution in [0.2, 0.25) is 0 Å². The minimum atomic E-state index is -4.38. The normalized spacial score (nSPS) is 24.0. The van der Waals surface area contributed by atoms with Crippen LogP contribution in [0.15, 0.2) is 16.8 Å². The third-order valence-corrected chi connectivity index (χ3v) is 3.81. The Kier molecular flexibility index (Phi) is 5.23. The van der Waals surface area contributed by atoms with Crippen molar-refractivity contribution in [2.45, 2.75) is 25.3 Å². The minimum Gasteiger partial charge on any atom is -0.368 e. The Hall–Kier alpha value is -1.12. The van der Waals surface area contributed by atoms with Crippen LogP contribution in [0.1, 0.15) is 18.6 Å². The van der Waals surface area contributed by atoms with Crippen LogP contribution in [0, 0.1) is 0 Å². The number of carbonyl (C=O) groups excluding carboxylic acids is 1. The van der Waals surface area contributed by atoms with Crippen molar-refractivity contribution in [1.29, 1.82) is 0 Å². The van der Waals surface area contributed by atoms with E-state index < -0.39 is 18.6 Å². The van der Waals surface area contributed by atoms with E-state index in [-0.39, 0.29) is 18.8 Å². The Morgan fingerprint density at radius 3 is 2.90 bits per heavy atom. The highest BCUT2D eigenvalue weighted by atomic mass is 32.1. The van der Waals surface area contributed by atoms with Crippen molar-refractivity contribution in [2.75, 3.05) is 26.2 Å². The highest BCUT2D eigenvalue weighted by Crippen LogP contribution is 2.26. The van der Waals surface area contributed by atoms with Gasteiger partial charge >= 0.3 is 6.18 Å². The van der Waals surface area contributed by atoms with E-state index in [1.807, 2.05) is 34.0 Å². The lowest BCUT2D eigenvalue weighted by Gasteiger charge is -2.36. The largest absolute Gasteiger partial charge is 0.405 e. The van der Waals surface area contributed by atoms with E-state index in [0.717, 1.165) is 5.56 Å². The summed E-state index contributed by atoms with van der Waals surface area (Å²) < 4.78 is 42.0. The molecule has 4 nitrogen and oxygen atoms in total. The molecular formula is C13H17F3N2O2S. The van der Waals surface area contributed by atoms with Gasteiger partial charge in [-0.15, -0.1) is 0 Å². The lowest BCUT2D eigenvalue weighted by Crippen LogP contribution is -2.48. The molecule has 0 aromatic carbocycles. The zero-order valence-corrected chi connectivity index (χ0v) is 12.3. The maximum atomic E-state index is 12.1. The van der Waals surface area contributed by atoms with E-state index in [9.17, 15) is 18.0 Å². The molecule has 118 valence electrons. The molecule has 8 heteroatoms. The molecule has 2 heterocycles. The van der Waals surface area contributed by atoms with Crippen molar-refractivity contribution >= 4 is 17.2 Å². The fraction of sp³-hybridized carbons (Fsp3) is 0.615. The van der Waals surface area contributed by atoms with E-state index in [0.29, 0.717) is 13.1 Å². The van der Waals surface area contributed by atoms with Crippen molar-refractivity contribution in [2.24, 2.45) is 0 Å². The van der Waals surface area contributed by atoms with Crippen molar-refractivity contribution in [3.63, 3.8) is 0 Å².